The number of amides is 4. The topological polar surface area (TPSA) is 97.0 Å². The van der Waals surface area contributed by atoms with E-state index in [1.54, 1.807) is 18.2 Å². The van der Waals surface area contributed by atoms with Crippen molar-refractivity contribution in [2.24, 2.45) is 0 Å². The summed E-state index contributed by atoms with van der Waals surface area (Å²) in [4.78, 5) is 38.8. The number of nitrogens with zero attached hydrogens (tertiary/aromatic N) is 1. The largest absolute Gasteiger partial charge is 0.454 e. The van der Waals surface area contributed by atoms with Gasteiger partial charge in [0.1, 0.15) is 6.04 Å². The molecule has 0 aliphatic carbocycles. The van der Waals surface area contributed by atoms with Crippen molar-refractivity contribution in [3.05, 3.63) is 66.2 Å². The SMILES string of the molecule is O=C(CC[C@@H]1NC(=O)N(Cc2ccc3c(c2)OCO3)C1=O)Nc1cccc2ccccc12. The number of carbonyl (C=O) groups is 3. The fourth-order valence-electron chi connectivity index (χ4n) is 3.97. The number of anilines is 1. The van der Waals surface area contributed by atoms with Crippen LogP contribution in [0, 0.1) is 0 Å². The number of ether oxygens (including phenoxy) is 2. The number of benzene rings is 3. The summed E-state index contributed by atoms with van der Waals surface area (Å²) in [5, 5.41) is 7.56. The Morgan fingerprint density at radius 3 is 2.75 bits per heavy atom. The van der Waals surface area contributed by atoms with Crippen LogP contribution < -0.4 is 20.1 Å². The molecule has 4 amide bonds. The average Bonchev–Trinajstić information content (AvgIpc) is 3.37. The third kappa shape index (κ3) is 3.82. The van der Waals surface area contributed by atoms with Gasteiger partial charge in [0.25, 0.3) is 5.91 Å². The number of fused-ring (bicyclic) bond motifs is 2. The molecule has 0 unspecified atom stereocenters. The minimum absolute atomic E-state index is 0.109. The molecule has 0 aromatic heterocycles. The third-order valence-electron chi connectivity index (χ3n) is 5.61. The van der Waals surface area contributed by atoms with E-state index in [2.05, 4.69) is 10.6 Å². The van der Waals surface area contributed by atoms with Crippen molar-refractivity contribution >= 4 is 34.3 Å². The first kappa shape index (κ1) is 19.9. The molecule has 0 radical (unpaired) electrons. The summed E-state index contributed by atoms with van der Waals surface area (Å²) in [5.74, 6) is 0.681. The van der Waals surface area contributed by atoms with Gasteiger partial charge in [0.15, 0.2) is 11.5 Å². The molecule has 1 fully saturated rings. The first-order valence-corrected chi connectivity index (χ1v) is 10.4. The van der Waals surface area contributed by atoms with Gasteiger partial charge in [-0.3, -0.25) is 14.5 Å². The zero-order chi connectivity index (χ0) is 22.1. The summed E-state index contributed by atoms with van der Waals surface area (Å²) in [6.07, 6.45) is 0.330. The summed E-state index contributed by atoms with van der Waals surface area (Å²) >= 11 is 0. The summed E-state index contributed by atoms with van der Waals surface area (Å²) in [7, 11) is 0. The highest BCUT2D eigenvalue weighted by atomic mass is 16.7. The van der Waals surface area contributed by atoms with Gasteiger partial charge in [-0.2, -0.15) is 0 Å². The van der Waals surface area contributed by atoms with E-state index in [9.17, 15) is 14.4 Å². The van der Waals surface area contributed by atoms with E-state index in [1.165, 1.54) is 0 Å². The zero-order valence-electron chi connectivity index (χ0n) is 17.2. The number of imide groups is 1. The molecule has 3 aromatic rings. The van der Waals surface area contributed by atoms with Crippen LogP contribution in [0.3, 0.4) is 0 Å². The van der Waals surface area contributed by atoms with Crippen LogP contribution in [-0.2, 0) is 16.1 Å². The number of nitrogens with one attached hydrogen (secondary N) is 2. The second-order valence-electron chi connectivity index (χ2n) is 7.73. The van der Waals surface area contributed by atoms with Gasteiger partial charge in [0.05, 0.1) is 6.54 Å². The molecule has 2 heterocycles. The number of urea groups is 1. The molecule has 32 heavy (non-hydrogen) atoms. The second-order valence-corrected chi connectivity index (χ2v) is 7.73. The summed E-state index contributed by atoms with van der Waals surface area (Å²) in [6.45, 7) is 0.283. The summed E-state index contributed by atoms with van der Waals surface area (Å²) in [6, 6.07) is 17.6. The number of hydrogen-bond donors (Lipinski definition) is 2. The summed E-state index contributed by atoms with van der Waals surface area (Å²) in [5.41, 5.74) is 1.48. The second kappa shape index (κ2) is 8.22. The van der Waals surface area contributed by atoms with E-state index in [4.69, 9.17) is 9.47 Å². The van der Waals surface area contributed by atoms with Gasteiger partial charge in [-0.1, -0.05) is 42.5 Å². The molecule has 1 saturated heterocycles. The van der Waals surface area contributed by atoms with Crippen LogP contribution in [0.15, 0.2) is 60.7 Å². The Hall–Kier alpha value is -4.07. The predicted octanol–water partition coefficient (Wildman–Crippen LogP) is 3.41. The van der Waals surface area contributed by atoms with Gasteiger partial charge in [-0.05, 0) is 35.6 Å². The van der Waals surface area contributed by atoms with Gasteiger partial charge < -0.3 is 20.1 Å². The van der Waals surface area contributed by atoms with Crippen LogP contribution in [-0.4, -0.2) is 35.6 Å². The molecule has 0 saturated carbocycles. The fraction of sp³-hybridized carbons (Fsp3) is 0.208. The molecule has 3 aromatic carbocycles. The minimum Gasteiger partial charge on any atom is -0.454 e. The van der Waals surface area contributed by atoms with Crippen LogP contribution in [0.2, 0.25) is 0 Å². The lowest BCUT2D eigenvalue weighted by Gasteiger charge is -2.13. The van der Waals surface area contributed by atoms with Crippen molar-refractivity contribution < 1.29 is 23.9 Å². The van der Waals surface area contributed by atoms with E-state index in [-0.39, 0.29) is 38.0 Å². The normalized spacial score (nSPS) is 17.0. The Morgan fingerprint density at radius 1 is 1.03 bits per heavy atom. The smallest absolute Gasteiger partial charge is 0.325 e. The Labute approximate surface area is 184 Å². The Bertz CT molecular complexity index is 1220. The molecule has 8 heteroatoms. The Kier molecular flexibility index (Phi) is 5.10. The molecule has 1 atom stereocenters. The van der Waals surface area contributed by atoms with Crippen LogP contribution >= 0.6 is 0 Å². The molecule has 8 nitrogen and oxygen atoms in total. The van der Waals surface area contributed by atoms with E-state index in [0.717, 1.165) is 26.9 Å². The fourth-order valence-corrected chi connectivity index (χ4v) is 3.97. The quantitative estimate of drug-likeness (QED) is 0.583. The van der Waals surface area contributed by atoms with Gasteiger partial charge in [-0.25, -0.2) is 4.79 Å². The standard InChI is InChI=1S/C24H21N3O5/c28-22(25-18-7-3-5-16-4-1-2-6-17(16)18)11-9-19-23(29)27(24(30)26-19)13-15-8-10-20-21(12-15)32-14-31-20/h1-8,10,12,19H,9,11,13-14H2,(H,25,28)(H,26,30)/t19-/m0/s1. The van der Waals surface area contributed by atoms with Crippen molar-refractivity contribution in [2.75, 3.05) is 12.1 Å². The maximum absolute atomic E-state index is 12.8. The molecular formula is C24H21N3O5. The van der Waals surface area contributed by atoms with E-state index in [1.807, 2.05) is 42.5 Å². The molecule has 0 bridgehead atoms. The highest BCUT2D eigenvalue weighted by molar-refractivity contribution is 6.05. The Balaban J connectivity index is 1.19. The van der Waals surface area contributed by atoms with Crippen molar-refractivity contribution in [3.8, 4) is 11.5 Å². The molecule has 2 aliphatic rings. The average molecular weight is 431 g/mol. The lowest BCUT2D eigenvalue weighted by molar-refractivity contribution is -0.128. The van der Waals surface area contributed by atoms with Crippen LogP contribution in [0.1, 0.15) is 18.4 Å². The molecule has 2 aliphatic heterocycles. The van der Waals surface area contributed by atoms with Crippen LogP contribution in [0.5, 0.6) is 11.5 Å². The minimum atomic E-state index is -0.727. The zero-order valence-corrected chi connectivity index (χ0v) is 17.2. The number of rotatable bonds is 6. The first-order chi connectivity index (χ1) is 15.6. The van der Waals surface area contributed by atoms with E-state index < -0.39 is 12.1 Å². The first-order valence-electron chi connectivity index (χ1n) is 10.4. The maximum atomic E-state index is 12.8. The van der Waals surface area contributed by atoms with Gasteiger partial charge in [0, 0.05) is 17.5 Å². The van der Waals surface area contributed by atoms with Gasteiger partial charge in [0.2, 0.25) is 12.7 Å². The molecule has 2 N–H and O–H groups in total. The van der Waals surface area contributed by atoms with Crippen molar-refractivity contribution in [2.45, 2.75) is 25.4 Å². The number of carbonyl (C=O) groups excluding carboxylic acids is 3. The molecular weight excluding hydrogens is 410 g/mol. The molecule has 162 valence electrons. The monoisotopic (exact) mass is 431 g/mol. The van der Waals surface area contributed by atoms with Crippen LogP contribution in [0.4, 0.5) is 10.5 Å². The highest BCUT2D eigenvalue weighted by Gasteiger charge is 2.38. The van der Waals surface area contributed by atoms with Crippen molar-refractivity contribution in [1.82, 2.24) is 10.2 Å². The van der Waals surface area contributed by atoms with Crippen molar-refractivity contribution in [3.63, 3.8) is 0 Å². The predicted molar refractivity (Wildman–Crippen MR) is 117 cm³/mol. The van der Waals surface area contributed by atoms with Crippen LogP contribution in [0.25, 0.3) is 10.8 Å². The number of hydrogen-bond acceptors (Lipinski definition) is 5. The van der Waals surface area contributed by atoms with E-state index in [0.29, 0.717) is 11.5 Å². The summed E-state index contributed by atoms with van der Waals surface area (Å²) < 4.78 is 10.6. The molecule has 5 rings (SSSR count). The lowest BCUT2D eigenvalue weighted by Crippen LogP contribution is -2.31. The van der Waals surface area contributed by atoms with E-state index >= 15 is 0 Å². The highest BCUT2D eigenvalue weighted by Crippen LogP contribution is 2.33. The van der Waals surface area contributed by atoms with Gasteiger partial charge in [-0.15, -0.1) is 0 Å². The third-order valence-corrected chi connectivity index (χ3v) is 5.61. The van der Waals surface area contributed by atoms with Crippen molar-refractivity contribution in [1.29, 1.82) is 0 Å². The Morgan fingerprint density at radius 2 is 1.84 bits per heavy atom. The van der Waals surface area contributed by atoms with Gasteiger partial charge >= 0.3 is 6.03 Å². The molecule has 0 spiro atoms. The lowest BCUT2D eigenvalue weighted by atomic mass is 10.1. The maximum Gasteiger partial charge on any atom is 0.325 e.